The minimum absolute atomic E-state index is 0.221. The van der Waals surface area contributed by atoms with Gasteiger partial charge in [-0.05, 0) is 35.0 Å². The number of nitrogens with two attached hydrogens (primary N) is 1. The summed E-state index contributed by atoms with van der Waals surface area (Å²) >= 11 is 0. The average molecular weight is 262 g/mol. The topological polar surface area (TPSA) is 46.3 Å². The second kappa shape index (κ2) is 5.15. The van der Waals surface area contributed by atoms with Gasteiger partial charge in [-0.1, -0.05) is 48.5 Å². The van der Waals surface area contributed by atoms with Crippen LogP contribution in [0.1, 0.15) is 10.4 Å². The number of rotatable bonds is 2. The number of hydrogen-bond acceptors (Lipinski definition) is 2. The third kappa shape index (κ3) is 2.27. The first kappa shape index (κ1) is 12.4. The van der Waals surface area contributed by atoms with E-state index in [-0.39, 0.29) is 5.91 Å². The molecule has 0 spiro atoms. The molecule has 0 unspecified atom stereocenters. The van der Waals surface area contributed by atoms with Crippen LogP contribution in [0, 0.1) is 0 Å². The first-order valence-corrected chi connectivity index (χ1v) is 6.39. The van der Waals surface area contributed by atoms with Crippen LogP contribution in [0.25, 0.3) is 10.8 Å². The number of hydrazine groups is 1. The van der Waals surface area contributed by atoms with Gasteiger partial charge in [0.2, 0.25) is 0 Å². The largest absolute Gasteiger partial charge is 0.272 e. The molecule has 0 aromatic heterocycles. The standard InChI is InChI=1S/C17H14N2O/c18-19(17(20)14-7-2-1-3-8-14)16-11-10-13-6-4-5-9-15(13)12-16/h1-12H,18H2. The monoisotopic (exact) mass is 262 g/mol. The molecule has 0 saturated carbocycles. The highest BCUT2D eigenvalue weighted by atomic mass is 16.2. The number of nitrogens with zero attached hydrogens (tertiary/aromatic N) is 1. The Morgan fingerprint density at radius 2 is 1.45 bits per heavy atom. The molecule has 1 amide bonds. The second-order valence-electron chi connectivity index (χ2n) is 4.57. The zero-order valence-corrected chi connectivity index (χ0v) is 10.9. The van der Waals surface area contributed by atoms with Crippen molar-refractivity contribution in [2.24, 2.45) is 5.84 Å². The van der Waals surface area contributed by atoms with E-state index in [9.17, 15) is 4.79 Å². The van der Waals surface area contributed by atoms with Crippen LogP contribution < -0.4 is 10.9 Å². The lowest BCUT2D eigenvalue weighted by atomic mass is 10.1. The van der Waals surface area contributed by atoms with Crippen molar-refractivity contribution in [3.8, 4) is 0 Å². The van der Waals surface area contributed by atoms with Crippen molar-refractivity contribution < 1.29 is 4.79 Å². The highest BCUT2D eigenvalue weighted by Crippen LogP contribution is 2.21. The molecule has 3 aromatic carbocycles. The van der Waals surface area contributed by atoms with Gasteiger partial charge in [-0.3, -0.25) is 4.79 Å². The smallest absolute Gasteiger partial charge is 0.267 e. The number of carbonyl (C=O) groups is 1. The molecule has 0 heterocycles. The molecule has 0 atom stereocenters. The summed E-state index contributed by atoms with van der Waals surface area (Å²) < 4.78 is 0. The summed E-state index contributed by atoms with van der Waals surface area (Å²) in [5.41, 5.74) is 1.25. The summed E-state index contributed by atoms with van der Waals surface area (Å²) in [6.07, 6.45) is 0. The molecule has 0 radical (unpaired) electrons. The number of benzene rings is 3. The quantitative estimate of drug-likeness (QED) is 0.437. The van der Waals surface area contributed by atoms with Crippen LogP contribution >= 0.6 is 0 Å². The molecular formula is C17H14N2O. The molecule has 0 aliphatic carbocycles. The molecule has 0 aliphatic rings. The number of carbonyl (C=O) groups excluding carboxylic acids is 1. The second-order valence-corrected chi connectivity index (χ2v) is 4.57. The Bertz CT molecular complexity index is 753. The maximum Gasteiger partial charge on any atom is 0.272 e. The molecule has 0 aliphatic heterocycles. The zero-order valence-electron chi connectivity index (χ0n) is 10.9. The Labute approximate surface area is 117 Å². The van der Waals surface area contributed by atoms with Gasteiger partial charge in [0.1, 0.15) is 0 Å². The SMILES string of the molecule is NN(C(=O)c1ccccc1)c1ccc2ccccc2c1. The summed E-state index contributed by atoms with van der Waals surface area (Å²) in [6.45, 7) is 0. The van der Waals surface area contributed by atoms with Crippen LogP contribution in [0.5, 0.6) is 0 Å². The Morgan fingerprint density at radius 1 is 0.800 bits per heavy atom. The highest BCUT2D eigenvalue weighted by Gasteiger charge is 2.13. The lowest BCUT2D eigenvalue weighted by molar-refractivity contribution is 0.0987. The Morgan fingerprint density at radius 3 is 2.20 bits per heavy atom. The minimum Gasteiger partial charge on any atom is -0.267 e. The third-order valence-corrected chi connectivity index (χ3v) is 3.25. The molecule has 98 valence electrons. The van der Waals surface area contributed by atoms with E-state index in [0.717, 1.165) is 10.8 Å². The molecule has 20 heavy (non-hydrogen) atoms. The molecular weight excluding hydrogens is 248 g/mol. The fourth-order valence-electron chi connectivity index (χ4n) is 2.16. The van der Waals surface area contributed by atoms with Gasteiger partial charge in [0.25, 0.3) is 5.91 Å². The van der Waals surface area contributed by atoms with E-state index in [0.29, 0.717) is 11.3 Å². The predicted molar refractivity (Wildman–Crippen MR) is 81.4 cm³/mol. The summed E-state index contributed by atoms with van der Waals surface area (Å²) in [4.78, 5) is 12.3. The van der Waals surface area contributed by atoms with Crippen LogP contribution in [0.2, 0.25) is 0 Å². The van der Waals surface area contributed by atoms with E-state index >= 15 is 0 Å². The first-order chi connectivity index (χ1) is 9.75. The van der Waals surface area contributed by atoms with E-state index in [1.165, 1.54) is 5.01 Å². The molecule has 0 saturated heterocycles. The fraction of sp³-hybridized carbons (Fsp3) is 0. The van der Waals surface area contributed by atoms with Gasteiger partial charge >= 0.3 is 0 Å². The maximum atomic E-state index is 12.3. The first-order valence-electron chi connectivity index (χ1n) is 6.39. The van der Waals surface area contributed by atoms with E-state index < -0.39 is 0 Å². The van der Waals surface area contributed by atoms with Gasteiger partial charge < -0.3 is 0 Å². The van der Waals surface area contributed by atoms with Gasteiger partial charge in [0.15, 0.2) is 0 Å². The van der Waals surface area contributed by atoms with Crippen LogP contribution in [0.4, 0.5) is 5.69 Å². The summed E-state index contributed by atoms with van der Waals surface area (Å²) in [5.74, 6) is 5.72. The van der Waals surface area contributed by atoms with Crippen molar-refractivity contribution in [2.75, 3.05) is 5.01 Å². The summed E-state index contributed by atoms with van der Waals surface area (Å²) in [5, 5.41) is 3.36. The number of fused-ring (bicyclic) bond motifs is 1. The Kier molecular flexibility index (Phi) is 3.19. The van der Waals surface area contributed by atoms with Crippen molar-refractivity contribution >= 4 is 22.4 Å². The molecule has 0 fully saturated rings. The molecule has 3 aromatic rings. The van der Waals surface area contributed by atoms with Crippen molar-refractivity contribution in [2.45, 2.75) is 0 Å². The fourth-order valence-corrected chi connectivity index (χ4v) is 2.16. The van der Waals surface area contributed by atoms with Crippen molar-refractivity contribution in [3.63, 3.8) is 0 Å². The van der Waals surface area contributed by atoms with Crippen molar-refractivity contribution in [1.29, 1.82) is 0 Å². The minimum atomic E-state index is -0.221. The number of hydrogen-bond donors (Lipinski definition) is 1. The Balaban J connectivity index is 1.96. The molecule has 0 bridgehead atoms. The molecule has 2 N–H and O–H groups in total. The van der Waals surface area contributed by atoms with Gasteiger partial charge in [-0.15, -0.1) is 0 Å². The van der Waals surface area contributed by atoms with E-state index in [1.807, 2.05) is 60.7 Å². The van der Waals surface area contributed by atoms with Crippen LogP contribution in [0.15, 0.2) is 72.8 Å². The van der Waals surface area contributed by atoms with E-state index in [2.05, 4.69) is 0 Å². The van der Waals surface area contributed by atoms with Crippen molar-refractivity contribution in [1.82, 2.24) is 0 Å². The van der Waals surface area contributed by atoms with Gasteiger partial charge in [-0.2, -0.15) is 0 Å². The summed E-state index contributed by atoms with van der Waals surface area (Å²) in [6, 6.07) is 22.7. The lowest BCUT2D eigenvalue weighted by Crippen LogP contribution is -2.37. The van der Waals surface area contributed by atoms with Gasteiger partial charge in [0.05, 0.1) is 5.69 Å². The van der Waals surface area contributed by atoms with Gasteiger partial charge in [0, 0.05) is 5.56 Å². The maximum absolute atomic E-state index is 12.3. The number of amides is 1. The van der Waals surface area contributed by atoms with Crippen LogP contribution in [0.3, 0.4) is 0 Å². The highest BCUT2D eigenvalue weighted by molar-refractivity contribution is 6.06. The zero-order chi connectivity index (χ0) is 13.9. The lowest BCUT2D eigenvalue weighted by Gasteiger charge is -2.17. The molecule has 3 nitrogen and oxygen atoms in total. The van der Waals surface area contributed by atoms with Crippen LogP contribution in [-0.4, -0.2) is 5.91 Å². The molecule has 3 rings (SSSR count). The Hall–Kier alpha value is -2.65. The summed E-state index contributed by atoms with van der Waals surface area (Å²) in [7, 11) is 0. The van der Waals surface area contributed by atoms with E-state index in [4.69, 9.17) is 5.84 Å². The van der Waals surface area contributed by atoms with Crippen LogP contribution in [-0.2, 0) is 0 Å². The third-order valence-electron chi connectivity index (χ3n) is 3.25. The van der Waals surface area contributed by atoms with Gasteiger partial charge in [-0.25, -0.2) is 10.9 Å². The average Bonchev–Trinajstić information content (AvgIpc) is 2.54. The number of anilines is 1. The van der Waals surface area contributed by atoms with E-state index in [1.54, 1.807) is 12.1 Å². The normalized spacial score (nSPS) is 10.4. The van der Waals surface area contributed by atoms with Crippen molar-refractivity contribution in [3.05, 3.63) is 78.4 Å². The molecule has 3 heteroatoms. The predicted octanol–water partition coefficient (Wildman–Crippen LogP) is 3.36.